The standard InChI is InChI=1S/C26H38N2O/c1-20-6-10-22(11-7-20)25(23-15-17-29-26(2,3)18-23)14-16-27-19-21-8-12-24(13-9-21)28(4)5/h6-13,23,25,27H,14-19H2,1-5H3/p+1/t23-,25+/m0/s1. The van der Waals surface area contributed by atoms with E-state index in [0.717, 1.165) is 26.1 Å². The van der Waals surface area contributed by atoms with E-state index in [4.69, 9.17) is 4.74 Å². The van der Waals surface area contributed by atoms with E-state index < -0.39 is 0 Å². The molecule has 0 aliphatic carbocycles. The van der Waals surface area contributed by atoms with Crippen LogP contribution in [0.3, 0.4) is 0 Å². The molecule has 0 bridgehead atoms. The van der Waals surface area contributed by atoms with Crippen LogP contribution in [0.1, 0.15) is 55.7 Å². The van der Waals surface area contributed by atoms with Crippen LogP contribution in [-0.2, 0) is 11.3 Å². The smallest absolute Gasteiger partial charge is 0.101 e. The fraction of sp³-hybridized carbons (Fsp3) is 0.538. The normalized spacial score (nSPS) is 19.7. The van der Waals surface area contributed by atoms with Crippen molar-refractivity contribution in [1.29, 1.82) is 0 Å². The van der Waals surface area contributed by atoms with Gasteiger partial charge in [-0.2, -0.15) is 0 Å². The Labute approximate surface area is 177 Å². The van der Waals surface area contributed by atoms with Crippen LogP contribution in [0.25, 0.3) is 0 Å². The third kappa shape index (κ3) is 6.32. The summed E-state index contributed by atoms with van der Waals surface area (Å²) in [6, 6.07) is 18.2. The predicted octanol–water partition coefficient (Wildman–Crippen LogP) is 4.50. The molecule has 2 aromatic carbocycles. The largest absolute Gasteiger partial charge is 0.378 e. The first-order valence-corrected chi connectivity index (χ1v) is 11.1. The summed E-state index contributed by atoms with van der Waals surface area (Å²) in [6.07, 6.45) is 3.55. The Morgan fingerprint density at radius 2 is 1.76 bits per heavy atom. The van der Waals surface area contributed by atoms with E-state index in [2.05, 4.69) is 93.6 Å². The highest BCUT2D eigenvalue weighted by Gasteiger charge is 2.34. The first-order valence-electron chi connectivity index (χ1n) is 11.1. The Bertz CT molecular complexity index is 749. The molecular weight excluding hydrogens is 356 g/mol. The molecule has 0 saturated carbocycles. The summed E-state index contributed by atoms with van der Waals surface area (Å²) in [5.74, 6) is 1.32. The summed E-state index contributed by atoms with van der Waals surface area (Å²) < 4.78 is 6.00. The van der Waals surface area contributed by atoms with Crippen molar-refractivity contribution in [1.82, 2.24) is 0 Å². The monoisotopic (exact) mass is 395 g/mol. The van der Waals surface area contributed by atoms with Crippen molar-refractivity contribution in [2.75, 3.05) is 32.1 Å². The number of hydrogen-bond acceptors (Lipinski definition) is 2. The molecule has 3 heteroatoms. The van der Waals surface area contributed by atoms with Crippen molar-refractivity contribution >= 4 is 5.69 Å². The first kappa shape index (κ1) is 21.9. The minimum absolute atomic E-state index is 0.00373. The first-order chi connectivity index (χ1) is 13.8. The number of quaternary nitrogens is 1. The van der Waals surface area contributed by atoms with Gasteiger partial charge < -0.3 is 15.0 Å². The molecule has 1 aliphatic heterocycles. The van der Waals surface area contributed by atoms with Gasteiger partial charge in [-0.3, -0.25) is 0 Å². The molecule has 29 heavy (non-hydrogen) atoms. The number of benzene rings is 2. The maximum Gasteiger partial charge on any atom is 0.101 e. The molecular formula is C26H39N2O+. The second-order valence-electron chi connectivity index (χ2n) is 9.51. The average molecular weight is 396 g/mol. The Morgan fingerprint density at radius 3 is 2.38 bits per heavy atom. The maximum atomic E-state index is 6.00. The molecule has 2 N–H and O–H groups in total. The highest BCUT2D eigenvalue weighted by molar-refractivity contribution is 5.45. The van der Waals surface area contributed by atoms with Crippen LogP contribution in [0, 0.1) is 12.8 Å². The Kier molecular flexibility index (Phi) is 7.37. The van der Waals surface area contributed by atoms with Gasteiger partial charge in [0.1, 0.15) is 6.54 Å². The van der Waals surface area contributed by atoms with Gasteiger partial charge in [0.25, 0.3) is 0 Å². The van der Waals surface area contributed by atoms with Crippen LogP contribution < -0.4 is 10.2 Å². The summed E-state index contributed by atoms with van der Waals surface area (Å²) in [6.45, 7) is 9.76. The fourth-order valence-corrected chi connectivity index (χ4v) is 4.61. The number of nitrogens with zero attached hydrogens (tertiary/aromatic N) is 1. The van der Waals surface area contributed by atoms with E-state index in [9.17, 15) is 0 Å². The Hall–Kier alpha value is -1.84. The van der Waals surface area contributed by atoms with E-state index >= 15 is 0 Å². The van der Waals surface area contributed by atoms with Crippen molar-refractivity contribution in [2.24, 2.45) is 5.92 Å². The molecule has 0 amide bonds. The van der Waals surface area contributed by atoms with Crippen molar-refractivity contribution < 1.29 is 10.1 Å². The summed E-state index contributed by atoms with van der Waals surface area (Å²) in [7, 11) is 4.17. The molecule has 1 fully saturated rings. The van der Waals surface area contributed by atoms with Gasteiger partial charge in [-0.25, -0.2) is 0 Å². The van der Waals surface area contributed by atoms with Gasteiger partial charge in [0.2, 0.25) is 0 Å². The van der Waals surface area contributed by atoms with E-state index in [-0.39, 0.29) is 5.60 Å². The summed E-state index contributed by atoms with van der Waals surface area (Å²) in [5, 5.41) is 2.47. The molecule has 1 saturated heterocycles. The maximum absolute atomic E-state index is 6.00. The zero-order valence-electron chi connectivity index (χ0n) is 18.9. The van der Waals surface area contributed by atoms with Gasteiger partial charge in [0, 0.05) is 38.4 Å². The van der Waals surface area contributed by atoms with E-state index in [0.29, 0.717) is 11.8 Å². The minimum Gasteiger partial charge on any atom is -0.378 e. The van der Waals surface area contributed by atoms with Crippen LogP contribution in [0.5, 0.6) is 0 Å². The lowest BCUT2D eigenvalue weighted by Crippen LogP contribution is -2.82. The third-order valence-corrected chi connectivity index (χ3v) is 6.32. The van der Waals surface area contributed by atoms with Crippen LogP contribution in [0.15, 0.2) is 48.5 Å². The van der Waals surface area contributed by atoms with Crippen molar-refractivity contribution in [2.45, 2.75) is 58.1 Å². The lowest BCUT2D eigenvalue weighted by Gasteiger charge is -2.39. The van der Waals surface area contributed by atoms with Gasteiger partial charge in [0.05, 0.1) is 12.1 Å². The fourth-order valence-electron chi connectivity index (χ4n) is 4.61. The quantitative estimate of drug-likeness (QED) is 0.667. The van der Waals surface area contributed by atoms with E-state index in [1.54, 1.807) is 0 Å². The predicted molar refractivity (Wildman–Crippen MR) is 123 cm³/mol. The van der Waals surface area contributed by atoms with Gasteiger partial charge in [-0.15, -0.1) is 0 Å². The van der Waals surface area contributed by atoms with Crippen LogP contribution in [-0.4, -0.2) is 32.8 Å². The zero-order valence-corrected chi connectivity index (χ0v) is 18.9. The molecule has 0 radical (unpaired) electrons. The molecule has 0 spiro atoms. The van der Waals surface area contributed by atoms with Crippen LogP contribution in [0.2, 0.25) is 0 Å². The second kappa shape index (κ2) is 9.77. The molecule has 3 rings (SSSR count). The highest BCUT2D eigenvalue weighted by Crippen LogP contribution is 2.39. The van der Waals surface area contributed by atoms with E-state index in [1.807, 2.05) is 0 Å². The third-order valence-electron chi connectivity index (χ3n) is 6.32. The lowest BCUT2D eigenvalue weighted by molar-refractivity contribution is -0.671. The van der Waals surface area contributed by atoms with Gasteiger partial charge in [-0.1, -0.05) is 42.0 Å². The number of ether oxygens (including phenoxy) is 1. The van der Waals surface area contributed by atoms with Crippen molar-refractivity contribution in [3.05, 3.63) is 65.2 Å². The van der Waals surface area contributed by atoms with Crippen LogP contribution in [0.4, 0.5) is 5.69 Å². The topological polar surface area (TPSA) is 29.1 Å². The molecule has 2 atom stereocenters. The lowest BCUT2D eigenvalue weighted by atomic mass is 9.75. The van der Waals surface area contributed by atoms with Crippen LogP contribution >= 0.6 is 0 Å². The second-order valence-corrected chi connectivity index (χ2v) is 9.51. The number of anilines is 1. The Balaban J connectivity index is 1.60. The molecule has 3 nitrogen and oxygen atoms in total. The van der Waals surface area contributed by atoms with Gasteiger partial charge >= 0.3 is 0 Å². The molecule has 1 heterocycles. The molecule has 2 aromatic rings. The summed E-state index contributed by atoms with van der Waals surface area (Å²) in [4.78, 5) is 2.15. The highest BCUT2D eigenvalue weighted by atomic mass is 16.5. The molecule has 158 valence electrons. The number of rotatable bonds is 8. The molecule has 0 unspecified atom stereocenters. The van der Waals surface area contributed by atoms with Gasteiger partial charge in [0.15, 0.2) is 0 Å². The Morgan fingerprint density at radius 1 is 1.07 bits per heavy atom. The average Bonchev–Trinajstić information content (AvgIpc) is 2.68. The number of aryl methyl sites for hydroxylation is 1. The number of hydrogen-bond donors (Lipinski definition) is 1. The number of nitrogens with two attached hydrogens (primary N) is 1. The van der Waals surface area contributed by atoms with E-state index in [1.165, 1.54) is 35.2 Å². The molecule has 1 aliphatic rings. The minimum atomic E-state index is 0.00373. The van der Waals surface area contributed by atoms with Crippen molar-refractivity contribution in [3.63, 3.8) is 0 Å². The SMILES string of the molecule is Cc1ccc([C@@H](CC[NH2+]Cc2ccc(N(C)C)cc2)[C@H]2CCOC(C)(C)C2)cc1. The summed E-state index contributed by atoms with van der Waals surface area (Å²) in [5.41, 5.74) is 5.50. The summed E-state index contributed by atoms with van der Waals surface area (Å²) >= 11 is 0. The zero-order chi connectivity index (χ0) is 20.9. The molecule has 0 aromatic heterocycles. The van der Waals surface area contributed by atoms with Crippen molar-refractivity contribution in [3.8, 4) is 0 Å². The van der Waals surface area contributed by atoms with Gasteiger partial charge in [-0.05, 0) is 63.1 Å².